The van der Waals surface area contributed by atoms with Gasteiger partial charge in [-0.3, -0.25) is 9.69 Å². The maximum atomic E-state index is 12.8. The van der Waals surface area contributed by atoms with E-state index in [1.54, 1.807) is 19.6 Å². The van der Waals surface area contributed by atoms with Crippen molar-refractivity contribution in [3.05, 3.63) is 42.5 Å². The van der Waals surface area contributed by atoms with Crippen LogP contribution in [0.15, 0.2) is 36.9 Å². The Bertz CT molecular complexity index is 850. The smallest absolute Gasteiger partial charge is 0.227 e. The van der Waals surface area contributed by atoms with Crippen molar-refractivity contribution in [1.82, 2.24) is 19.8 Å². The Labute approximate surface area is 178 Å². The molecule has 2 fully saturated rings. The maximum absolute atomic E-state index is 12.8. The molecule has 1 N–H and O–H groups in total. The molecule has 1 aromatic carbocycles. The van der Waals surface area contributed by atoms with Gasteiger partial charge in [0.25, 0.3) is 0 Å². The SMILES string of the molecule is COc1cccc(CN2CCC[C@@]3(CCCNC3=O)[C@H]2C)c1OCCn1ccnc1. The average Bonchev–Trinajstić information content (AvgIpc) is 3.27. The number of nitrogens with zero attached hydrogens (tertiary/aromatic N) is 3. The second kappa shape index (κ2) is 9.08. The number of amides is 1. The van der Waals surface area contributed by atoms with Crippen LogP contribution in [-0.2, 0) is 17.9 Å². The highest BCUT2D eigenvalue weighted by atomic mass is 16.5. The van der Waals surface area contributed by atoms with Gasteiger partial charge < -0.3 is 19.4 Å². The number of para-hydroxylation sites is 1. The van der Waals surface area contributed by atoms with Gasteiger partial charge in [-0.1, -0.05) is 12.1 Å². The molecule has 3 heterocycles. The van der Waals surface area contributed by atoms with Crippen LogP contribution in [-0.4, -0.2) is 53.2 Å². The van der Waals surface area contributed by atoms with Crippen molar-refractivity contribution in [2.45, 2.75) is 51.7 Å². The Hall–Kier alpha value is -2.54. The van der Waals surface area contributed by atoms with E-state index in [4.69, 9.17) is 9.47 Å². The number of aromatic nitrogens is 2. The van der Waals surface area contributed by atoms with Crippen molar-refractivity contribution in [3.8, 4) is 11.5 Å². The van der Waals surface area contributed by atoms with Crippen LogP contribution in [0.25, 0.3) is 0 Å². The number of ether oxygens (including phenoxy) is 2. The molecule has 162 valence electrons. The zero-order valence-corrected chi connectivity index (χ0v) is 18.0. The third kappa shape index (κ3) is 4.03. The van der Waals surface area contributed by atoms with E-state index >= 15 is 0 Å². The van der Waals surface area contributed by atoms with Gasteiger partial charge >= 0.3 is 0 Å². The highest BCUT2D eigenvalue weighted by Crippen LogP contribution is 2.43. The highest BCUT2D eigenvalue weighted by molar-refractivity contribution is 5.84. The number of carbonyl (C=O) groups is 1. The van der Waals surface area contributed by atoms with E-state index < -0.39 is 0 Å². The lowest BCUT2D eigenvalue weighted by Gasteiger charge is -2.49. The molecule has 0 saturated carbocycles. The third-order valence-electron chi connectivity index (χ3n) is 6.76. The summed E-state index contributed by atoms with van der Waals surface area (Å²) in [4.78, 5) is 19.3. The number of methoxy groups -OCH3 is 1. The first-order valence-corrected chi connectivity index (χ1v) is 10.9. The molecule has 0 unspecified atom stereocenters. The predicted molar refractivity (Wildman–Crippen MR) is 114 cm³/mol. The molecule has 2 aliphatic heterocycles. The molecular weight excluding hydrogens is 380 g/mol. The zero-order valence-electron chi connectivity index (χ0n) is 18.0. The number of rotatable bonds is 7. The quantitative estimate of drug-likeness (QED) is 0.757. The van der Waals surface area contributed by atoms with E-state index in [0.717, 1.165) is 68.9 Å². The van der Waals surface area contributed by atoms with Crippen LogP contribution in [0.4, 0.5) is 0 Å². The molecular formula is C23H32N4O3. The van der Waals surface area contributed by atoms with E-state index in [0.29, 0.717) is 6.61 Å². The number of hydrogen-bond acceptors (Lipinski definition) is 5. The van der Waals surface area contributed by atoms with Crippen LogP contribution in [0.3, 0.4) is 0 Å². The van der Waals surface area contributed by atoms with Crippen LogP contribution in [0.5, 0.6) is 11.5 Å². The second-order valence-electron chi connectivity index (χ2n) is 8.36. The van der Waals surface area contributed by atoms with Crippen molar-refractivity contribution < 1.29 is 14.3 Å². The Kier molecular flexibility index (Phi) is 6.27. The van der Waals surface area contributed by atoms with Crippen LogP contribution in [0.1, 0.15) is 38.2 Å². The fraction of sp³-hybridized carbons (Fsp3) is 0.565. The first-order chi connectivity index (χ1) is 14.6. The Morgan fingerprint density at radius 2 is 2.17 bits per heavy atom. The number of nitrogens with one attached hydrogen (secondary N) is 1. The second-order valence-corrected chi connectivity index (χ2v) is 8.36. The van der Waals surface area contributed by atoms with Crippen molar-refractivity contribution in [1.29, 1.82) is 0 Å². The molecule has 7 nitrogen and oxygen atoms in total. The van der Waals surface area contributed by atoms with Crippen LogP contribution >= 0.6 is 0 Å². The van der Waals surface area contributed by atoms with E-state index in [-0.39, 0.29) is 17.4 Å². The molecule has 30 heavy (non-hydrogen) atoms. The first-order valence-electron chi connectivity index (χ1n) is 10.9. The number of piperidine rings is 2. The van der Waals surface area contributed by atoms with E-state index in [1.807, 2.05) is 22.9 Å². The summed E-state index contributed by atoms with van der Waals surface area (Å²) in [5, 5.41) is 3.11. The van der Waals surface area contributed by atoms with Gasteiger partial charge in [0, 0.05) is 37.1 Å². The molecule has 0 aliphatic carbocycles. The number of likely N-dealkylation sites (tertiary alicyclic amines) is 1. The predicted octanol–water partition coefficient (Wildman–Crippen LogP) is 2.85. The van der Waals surface area contributed by atoms with Gasteiger partial charge in [-0.25, -0.2) is 4.98 Å². The number of hydrogen-bond donors (Lipinski definition) is 1. The van der Waals surface area contributed by atoms with Gasteiger partial charge in [0.15, 0.2) is 11.5 Å². The summed E-state index contributed by atoms with van der Waals surface area (Å²) in [7, 11) is 1.67. The van der Waals surface area contributed by atoms with Gasteiger partial charge in [0.2, 0.25) is 5.91 Å². The van der Waals surface area contributed by atoms with Crippen molar-refractivity contribution in [3.63, 3.8) is 0 Å². The lowest BCUT2D eigenvalue weighted by atomic mass is 9.68. The number of benzene rings is 1. The van der Waals surface area contributed by atoms with Crippen LogP contribution < -0.4 is 14.8 Å². The van der Waals surface area contributed by atoms with Crippen LogP contribution in [0, 0.1) is 5.41 Å². The van der Waals surface area contributed by atoms with Gasteiger partial charge in [0.05, 0.1) is 25.4 Å². The Morgan fingerprint density at radius 3 is 2.93 bits per heavy atom. The number of imidazole rings is 1. The molecule has 1 amide bonds. The third-order valence-corrected chi connectivity index (χ3v) is 6.76. The van der Waals surface area contributed by atoms with Crippen LogP contribution in [0.2, 0.25) is 0 Å². The lowest BCUT2D eigenvalue weighted by Crippen LogP contribution is -2.59. The monoisotopic (exact) mass is 412 g/mol. The van der Waals surface area contributed by atoms with E-state index in [2.05, 4.69) is 28.2 Å². The summed E-state index contributed by atoms with van der Waals surface area (Å²) in [5.74, 6) is 1.77. The molecule has 2 saturated heterocycles. The molecule has 7 heteroatoms. The lowest BCUT2D eigenvalue weighted by molar-refractivity contribution is -0.142. The van der Waals surface area contributed by atoms with Crippen molar-refractivity contribution in [2.75, 3.05) is 26.8 Å². The summed E-state index contributed by atoms with van der Waals surface area (Å²) < 4.78 is 13.8. The molecule has 0 bridgehead atoms. The van der Waals surface area contributed by atoms with Gasteiger partial charge in [0.1, 0.15) is 6.61 Å². The minimum Gasteiger partial charge on any atom is -0.493 e. The summed E-state index contributed by atoms with van der Waals surface area (Å²) >= 11 is 0. The maximum Gasteiger partial charge on any atom is 0.227 e. The molecule has 2 aliphatic rings. The van der Waals surface area contributed by atoms with E-state index in [1.165, 1.54) is 0 Å². The minimum atomic E-state index is -0.266. The normalized spacial score (nSPS) is 24.6. The summed E-state index contributed by atoms with van der Waals surface area (Å²) in [6.45, 7) is 6.00. The topological polar surface area (TPSA) is 68.6 Å². The van der Waals surface area contributed by atoms with Gasteiger partial charge in [-0.2, -0.15) is 0 Å². The molecule has 1 aromatic heterocycles. The highest BCUT2D eigenvalue weighted by Gasteiger charge is 2.48. The summed E-state index contributed by atoms with van der Waals surface area (Å²) in [6.07, 6.45) is 9.53. The van der Waals surface area contributed by atoms with Gasteiger partial charge in [-0.05, 0) is 45.2 Å². The fourth-order valence-corrected chi connectivity index (χ4v) is 5.00. The largest absolute Gasteiger partial charge is 0.493 e. The molecule has 4 rings (SSSR count). The van der Waals surface area contributed by atoms with Crippen molar-refractivity contribution >= 4 is 5.91 Å². The van der Waals surface area contributed by atoms with Gasteiger partial charge in [-0.15, -0.1) is 0 Å². The molecule has 0 radical (unpaired) electrons. The average molecular weight is 413 g/mol. The first kappa shape index (κ1) is 20.7. The summed E-state index contributed by atoms with van der Waals surface area (Å²) in [6, 6.07) is 6.24. The molecule has 1 spiro atoms. The minimum absolute atomic E-state index is 0.191. The fourth-order valence-electron chi connectivity index (χ4n) is 5.00. The molecule has 2 aromatic rings. The van der Waals surface area contributed by atoms with Crippen molar-refractivity contribution in [2.24, 2.45) is 5.41 Å². The summed E-state index contributed by atoms with van der Waals surface area (Å²) in [5.41, 5.74) is 0.831. The standard InChI is InChI=1S/C23H32N4O3/c1-18-23(8-4-10-25-22(23)28)9-5-12-27(18)16-19-6-3-7-20(29-2)21(19)30-15-14-26-13-11-24-17-26/h3,6-7,11,13,17-18H,4-5,8-10,12,14-16H2,1-2H3,(H,25,28)/t18-,23+/m1/s1. The Balaban J connectivity index is 1.51. The van der Waals surface area contributed by atoms with E-state index in [9.17, 15) is 4.79 Å². The zero-order chi connectivity index (χ0) is 21.0. The number of carbonyl (C=O) groups excluding carboxylic acids is 1. The Morgan fingerprint density at radius 1 is 1.30 bits per heavy atom. The molecule has 2 atom stereocenters.